The van der Waals surface area contributed by atoms with Gasteiger partial charge in [-0.05, 0) is 136 Å². The van der Waals surface area contributed by atoms with Gasteiger partial charge < -0.3 is 29.2 Å². The first-order valence-electron chi connectivity index (χ1n) is 13.9. The highest BCUT2D eigenvalue weighted by molar-refractivity contribution is 9.13. The van der Waals surface area contributed by atoms with Crippen molar-refractivity contribution in [2.75, 3.05) is 26.4 Å². The lowest BCUT2D eigenvalue weighted by Crippen LogP contribution is -2.25. The monoisotopic (exact) mass is 1150 g/mol. The van der Waals surface area contributed by atoms with Crippen LogP contribution in [0, 0.1) is 0 Å². The van der Waals surface area contributed by atoms with Crippen LogP contribution in [0.25, 0.3) is 0 Å². The largest absolute Gasteiger partial charge is 0.491 e. The third-order valence-electron chi connectivity index (χ3n) is 6.83. The molecule has 6 nitrogen and oxygen atoms in total. The Kier molecular flexibility index (Phi) is 15.1. The summed E-state index contributed by atoms with van der Waals surface area (Å²) in [5.41, 5.74) is 1.50. The lowest BCUT2D eigenvalue weighted by atomic mass is 9.78. The zero-order valence-corrected chi connectivity index (χ0v) is 37.5. The third kappa shape index (κ3) is 10.9. The SMILES string of the molecule is CC(C)(c1c(Br)cc(OCC(O)COc2ccc(Br)c(Br)c2)cc1Br)c1c(Br)cc(OCC(O)COc2ccc(Br)c(Br)c2)cc1Br. The molecule has 0 fully saturated rings. The fraction of sp³-hybridized carbons (Fsp3) is 0.273. The number of hydrogen-bond donors (Lipinski definition) is 2. The van der Waals surface area contributed by atoms with Crippen LogP contribution in [0.4, 0.5) is 0 Å². The van der Waals surface area contributed by atoms with Gasteiger partial charge in [-0.3, -0.25) is 0 Å². The Balaban J connectivity index is 1.38. The maximum absolute atomic E-state index is 10.5. The molecule has 2 atom stereocenters. The minimum absolute atomic E-state index is 0.0563. The molecule has 0 aliphatic heterocycles. The lowest BCUT2D eigenvalue weighted by Gasteiger charge is -2.31. The number of benzene rings is 4. The van der Waals surface area contributed by atoms with Crippen molar-refractivity contribution in [3.8, 4) is 23.0 Å². The van der Waals surface area contributed by atoms with Crippen molar-refractivity contribution < 1.29 is 29.2 Å². The highest BCUT2D eigenvalue weighted by atomic mass is 79.9. The Bertz CT molecular complexity index is 1550. The van der Waals surface area contributed by atoms with Crippen LogP contribution in [0.5, 0.6) is 23.0 Å². The summed E-state index contributed by atoms with van der Waals surface area (Å²) < 4.78 is 30.1. The van der Waals surface area contributed by atoms with E-state index in [0.29, 0.717) is 23.0 Å². The number of ether oxygens (including phenoxy) is 4. The van der Waals surface area contributed by atoms with Gasteiger partial charge in [-0.2, -0.15) is 0 Å². The average Bonchev–Trinajstić information content (AvgIpc) is 2.99. The predicted octanol–water partition coefficient (Wildman–Crippen LogP) is 11.7. The van der Waals surface area contributed by atoms with Crippen molar-refractivity contribution in [1.29, 1.82) is 0 Å². The molecule has 0 bridgehead atoms. The summed E-state index contributed by atoms with van der Waals surface area (Å²) in [5, 5.41) is 20.9. The van der Waals surface area contributed by atoms with Crippen LogP contribution in [0.15, 0.2) is 96.4 Å². The molecule has 0 amide bonds. The number of aliphatic hydroxyl groups is 2. The van der Waals surface area contributed by atoms with Gasteiger partial charge >= 0.3 is 0 Å². The van der Waals surface area contributed by atoms with Gasteiger partial charge in [0.1, 0.15) is 61.6 Å². The van der Waals surface area contributed by atoms with Gasteiger partial charge in [-0.15, -0.1) is 0 Å². The second-order valence-electron chi connectivity index (χ2n) is 10.9. The molecule has 4 rings (SSSR count). The Morgan fingerprint density at radius 3 is 1.02 bits per heavy atom. The van der Waals surface area contributed by atoms with Gasteiger partial charge in [0.05, 0.1) is 0 Å². The minimum Gasteiger partial charge on any atom is -0.491 e. The van der Waals surface area contributed by atoms with Crippen LogP contribution in [0.2, 0.25) is 0 Å². The average molecular weight is 1160 g/mol. The highest BCUT2D eigenvalue weighted by Crippen LogP contribution is 2.48. The second-order valence-corrected chi connectivity index (χ2v) is 17.7. The Morgan fingerprint density at radius 1 is 0.447 bits per heavy atom. The molecule has 0 heterocycles. The van der Waals surface area contributed by atoms with E-state index in [1.807, 2.05) is 60.7 Å². The van der Waals surface area contributed by atoms with Crippen LogP contribution < -0.4 is 18.9 Å². The van der Waals surface area contributed by atoms with Crippen molar-refractivity contribution in [3.63, 3.8) is 0 Å². The van der Waals surface area contributed by atoms with Crippen molar-refractivity contribution in [2.24, 2.45) is 0 Å². The number of hydrogen-bond acceptors (Lipinski definition) is 6. The molecule has 14 heteroatoms. The van der Waals surface area contributed by atoms with Crippen LogP contribution in [0.3, 0.4) is 0 Å². The Morgan fingerprint density at radius 2 is 0.723 bits per heavy atom. The molecular weight excluding hydrogens is 1130 g/mol. The number of aliphatic hydroxyl groups excluding tert-OH is 2. The van der Waals surface area contributed by atoms with E-state index in [4.69, 9.17) is 18.9 Å². The zero-order valence-electron chi connectivity index (χ0n) is 24.8. The summed E-state index contributed by atoms with van der Waals surface area (Å²) in [5.74, 6) is 2.46. The molecule has 4 aromatic carbocycles. The van der Waals surface area contributed by atoms with E-state index in [0.717, 1.165) is 46.9 Å². The molecule has 0 saturated heterocycles. The molecule has 252 valence electrons. The second kappa shape index (κ2) is 17.9. The molecule has 0 radical (unpaired) electrons. The quantitative estimate of drug-likeness (QED) is 0.131. The van der Waals surface area contributed by atoms with Gasteiger partial charge in [0.15, 0.2) is 0 Å². The van der Waals surface area contributed by atoms with Gasteiger partial charge in [-0.25, -0.2) is 0 Å². The standard InChI is InChI=1S/C33H28Br8O6/c1-33(2,31-27(38)9-21(10-28(31)39)46-15-17(42)13-44-19-3-5-23(34)25(36)7-19)32-29(40)11-22(12-30(32)41)47-16-18(43)14-45-20-4-6-24(35)26(37)8-20/h3-12,17-18,42-43H,13-16H2,1-2H3. The molecule has 47 heavy (non-hydrogen) atoms. The minimum atomic E-state index is -0.832. The van der Waals surface area contributed by atoms with Crippen molar-refractivity contribution >= 4 is 127 Å². The van der Waals surface area contributed by atoms with Crippen LogP contribution in [0.1, 0.15) is 25.0 Å². The van der Waals surface area contributed by atoms with Gasteiger partial charge in [-0.1, -0.05) is 77.6 Å². The summed E-state index contributed by atoms with van der Waals surface area (Å²) in [6.45, 7) is 4.52. The molecule has 4 aromatic rings. The highest BCUT2D eigenvalue weighted by Gasteiger charge is 2.32. The first kappa shape index (κ1) is 39.6. The van der Waals surface area contributed by atoms with E-state index >= 15 is 0 Å². The van der Waals surface area contributed by atoms with E-state index in [2.05, 4.69) is 141 Å². The van der Waals surface area contributed by atoms with Gasteiger partial charge in [0, 0.05) is 41.2 Å². The summed E-state index contributed by atoms with van der Waals surface area (Å²) in [7, 11) is 0. The van der Waals surface area contributed by atoms with Crippen LogP contribution in [-0.4, -0.2) is 48.8 Å². The van der Waals surface area contributed by atoms with E-state index in [1.54, 1.807) is 0 Å². The van der Waals surface area contributed by atoms with Gasteiger partial charge in [0.25, 0.3) is 0 Å². The molecule has 2 unspecified atom stereocenters. The fourth-order valence-electron chi connectivity index (χ4n) is 4.58. The molecule has 0 aliphatic carbocycles. The maximum atomic E-state index is 10.5. The van der Waals surface area contributed by atoms with Crippen molar-refractivity contribution in [2.45, 2.75) is 31.5 Å². The van der Waals surface area contributed by atoms with Gasteiger partial charge in [0.2, 0.25) is 0 Å². The summed E-state index contributed by atoms with van der Waals surface area (Å²) in [6.07, 6.45) is -1.66. The smallest absolute Gasteiger partial charge is 0.122 e. The number of rotatable bonds is 14. The molecule has 0 aliphatic rings. The summed E-state index contributed by atoms with van der Waals surface area (Å²) in [6, 6.07) is 18.6. The molecule has 0 saturated carbocycles. The van der Waals surface area contributed by atoms with Crippen LogP contribution in [-0.2, 0) is 5.41 Å². The topological polar surface area (TPSA) is 77.4 Å². The van der Waals surface area contributed by atoms with E-state index < -0.39 is 17.6 Å². The molecule has 2 N–H and O–H groups in total. The molecule has 0 spiro atoms. The first-order valence-corrected chi connectivity index (χ1v) is 20.3. The van der Waals surface area contributed by atoms with E-state index in [1.165, 1.54) is 0 Å². The normalized spacial score (nSPS) is 12.9. The predicted molar refractivity (Wildman–Crippen MR) is 213 cm³/mol. The summed E-state index contributed by atoms with van der Waals surface area (Å²) >= 11 is 28.8. The Hall–Kier alpha value is -0.160. The fourth-order valence-corrected chi connectivity index (χ4v) is 10.1. The molecule has 0 aromatic heterocycles. The van der Waals surface area contributed by atoms with Crippen LogP contribution >= 0.6 is 127 Å². The van der Waals surface area contributed by atoms with E-state index in [-0.39, 0.29) is 26.4 Å². The Labute approximate surface area is 341 Å². The van der Waals surface area contributed by atoms with E-state index in [9.17, 15) is 10.2 Å². The summed E-state index contributed by atoms with van der Waals surface area (Å²) in [4.78, 5) is 0. The lowest BCUT2D eigenvalue weighted by molar-refractivity contribution is 0.0625. The maximum Gasteiger partial charge on any atom is 0.122 e. The molecular formula is C33H28Br8O6. The van der Waals surface area contributed by atoms with Crippen molar-refractivity contribution in [1.82, 2.24) is 0 Å². The van der Waals surface area contributed by atoms with Crippen molar-refractivity contribution in [3.05, 3.63) is 108 Å². The third-order valence-corrected chi connectivity index (χ3v) is 13.1. The number of halogens is 8. The first-order chi connectivity index (χ1) is 22.1. The zero-order chi connectivity index (χ0) is 34.5.